The molecule has 3 aromatic heterocycles. The molecule has 0 saturated carbocycles. The van der Waals surface area contributed by atoms with Gasteiger partial charge in [-0.1, -0.05) is 18.2 Å². The molecule has 4 N–H and O–H groups in total. The fraction of sp³-hybridized carbons (Fsp3) is 0.273. The zero-order valence-corrected chi connectivity index (χ0v) is 18.7. The van der Waals surface area contributed by atoms with Crippen LogP contribution in [-0.4, -0.2) is 57.0 Å². The number of para-hydroxylation sites is 1. The Morgan fingerprint density at radius 3 is 2.75 bits per heavy atom. The number of benzene rings is 1. The molecule has 1 unspecified atom stereocenters. The Balaban J connectivity index is 1.62. The van der Waals surface area contributed by atoms with Crippen LogP contribution in [-0.2, 0) is 17.8 Å². The molecule has 4 rings (SSSR count). The van der Waals surface area contributed by atoms with Gasteiger partial charge >= 0.3 is 5.97 Å². The van der Waals surface area contributed by atoms with E-state index in [4.69, 9.17) is 0 Å². The second kappa shape index (κ2) is 8.56. The highest BCUT2D eigenvalue weighted by atomic mass is 32.1. The molecule has 3 heterocycles. The molecule has 32 heavy (non-hydrogen) atoms. The van der Waals surface area contributed by atoms with Gasteiger partial charge in [-0.25, -0.2) is 9.78 Å². The van der Waals surface area contributed by atoms with Gasteiger partial charge in [0.1, 0.15) is 16.7 Å². The molecule has 0 saturated heterocycles. The van der Waals surface area contributed by atoms with Crippen molar-refractivity contribution in [1.82, 2.24) is 25.2 Å². The lowest BCUT2D eigenvalue weighted by Crippen LogP contribution is -2.42. The SMILES string of the molecule is Cc1c(C(=O)NC(Cc2c[nH]c3ccccc23)C(=O)O)sc2nc(CN(C)C)[nH]c(=O)c12. The molecule has 0 spiro atoms. The Labute approximate surface area is 187 Å². The van der Waals surface area contributed by atoms with Crippen molar-refractivity contribution in [1.29, 1.82) is 0 Å². The van der Waals surface area contributed by atoms with Crippen LogP contribution in [0.3, 0.4) is 0 Å². The van der Waals surface area contributed by atoms with Crippen LogP contribution < -0.4 is 10.9 Å². The van der Waals surface area contributed by atoms with Crippen LogP contribution >= 0.6 is 11.3 Å². The molecule has 0 radical (unpaired) electrons. The third-order valence-electron chi connectivity index (χ3n) is 5.22. The standard InChI is InChI=1S/C22H23N5O4S/c1-11-17-19(28)25-16(10-27(2)3)26-21(17)32-18(11)20(29)24-15(22(30)31)8-12-9-23-14-7-5-4-6-13(12)14/h4-7,9,15,23H,8,10H2,1-3H3,(H,24,29)(H,30,31)(H,25,26,28). The zero-order chi connectivity index (χ0) is 23.0. The van der Waals surface area contributed by atoms with Gasteiger partial charge in [-0.15, -0.1) is 11.3 Å². The van der Waals surface area contributed by atoms with E-state index in [0.29, 0.717) is 28.1 Å². The van der Waals surface area contributed by atoms with Crippen LogP contribution in [0.4, 0.5) is 0 Å². The number of aliphatic carboxylic acids is 1. The first-order valence-electron chi connectivity index (χ1n) is 10.00. The first-order chi connectivity index (χ1) is 15.2. The number of thiophene rings is 1. The molecule has 0 aliphatic heterocycles. The van der Waals surface area contributed by atoms with Crippen molar-refractivity contribution in [2.24, 2.45) is 0 Å². The van der Waals surface area contributed by atoms with Gasteiger partial charge in [0.05, 0.1) is 16.8 Å². The highest BCUT2D eigenvalue weighted by Gasteiger charge is 2.26. The zero-order valence-electron chi connectivity index (χ0n) is 17.9. The summed E-state index contributed by atoms with van der Waals surface area (Å²) in [7, 11) is 3.73. The summed E-state index contributed by atoms with van der Waals surface area (Å²) in [6, 6.07) is 6.46. The monoisotopic (exact) mass is 453 g/mol. The number of nitrogens with zero attached hydrogens (tertiary/aromatic N) is 2. The number of aryl methyl sites for hydroxylation is 1. The number of rotatable bonds is 7. The normalized spacial score (nSPS) is 12.5. The third kappa shape index (κ3) is 4.14. The van der Waals surface area contributed by atoms with Crippen molar-refractivity contribution in [2.45, 2.75) is 25.9 Å². The highest BCUT2D eigenvalue weighted by Crippen LogP contribution is 2.27. The van der Waals surface area contributed by atoms with Crippen LogP contribution in [0.25, 0.3) is 21.1 Å². The maximum absolute atomic E-state index is 13.0. The van der Waals surface area contributed by atoms with Gasteiger partial charge in [0.2, 0.25) is 0 Å². The predicted octanol–water partition coefficient (Wildman–Crippen LogP) is 2.26. The van der Waals surface area contributed by atoms with E-state index < -0.39 is 17.9 Å². The van der Waals surface area contributed by atoms with Gasteiger partial charge in [-0.05, 0) is 38.2 Å². The van der Waals surface area contributed by atoms with E-state index >= 15 is 0 Å². The van der Waals surface area contributed by atoms with Gasteiger partial charge in [0, 0.05) is 23.5 Å². The summed E-state index contributed by atoms with van der Waals surface area (Å²) < 4.78 is 0. The topological polar surface area (TPSA) is 131 Å². The third-order valence-corrected chi connectivity index (χ3v) is 6.41. The molecular weight excluding hydrogens is 430 g/mol. The smallest absolute Gasteiger partial charge is 0.326 e. The number of amides is 1. The first-order valence-corrected chi connectivity index (χ1v) is 10.8. The van der Waals surface area contributed by atoms with Gasteiger partial charge in [0.25, 0.3) is 11.5 Å². The maximum Gasteiger partial charge on any atom is 0.326 e. The minimum absolute atomic E-state index is 0.126. The highest BCUT2D eigenvalue weighted by molar-refractivity contribution is 7.20. The van der Waals surface area contributed by atoms with Gasteiger partial charge in [0.15, 0.2) is 0 Å². The van der Waals surface area contributed by atoms with E-state index in [1.165, 1.54) is 0 Å². The quantitative estimate of drug-likeness (QED) is 0.339. The summed E-state index contributed by atoms with van der Waals surface area (Å²) in [6.07, 6.45) is 1.88. The fourth-order valence-electron chi connectivity index (χ4n) is 3.72. The minimum atomic E-state index is -1.13. The van der Waals surface area contributed by atoms with Crippen molar-refractivity contribution in [2.75, 3.05) is 14.1 Å². The minimum Gasteiger partial charge on any atom is -0.480 e. The summed E-state index contributed by atoms with van der Waals surface area (Å²) in [4.78, 5) is 50.4. The Morgan fingerprint density at radius 1 is 1.28 bits per heavy atom. The van der Waals surface area contributed by atoms with E-state index in [1.54, 1.807) is 13.1 Å². The molecule has 1 amide bonds. The van der Waals surface area contributed by atoms with E-state index in [1.807, 2.05) is 43.3 Å². The van der Waals surface area contributed by atoms with Crippen molar-refractivity contribution in [3.63, 3.8) is 0 Å². The molecule has 166 valence electrons. The summed E-state index contributed by atoms with van der Waals surface area (Å²) >= 11 is 1.09. The number of H-pyrrole nitrogens is 2. The Morgan fingerprint density at radius 2 is 2.03 bits per heavy atom. The van der Waals surface area contributed by atoms with Crippen LogP contribution in [0, 0.1) is 6.92 Å². The molecular formula is C22H23N5O4S. The lowest BCUT2D eigenvalue weighted by molar-refractivity contribution is -0.139. The lowest BCUT2D eigenvalue weighted by atomic mass is 10.0. The van der Waals surface area contributed by atoms with Gasteiger partial charge in [-0.3, -0.25) is 9.59 Å². The number of aromatic nitrogens is 3. The Bertz CT molecular complexity index is 1380. The predicted molar refractivity (Wildman–Crippen MR) is 123 cm³/mol. The van der Waals surface area contributed by atoms with E-state index in [0.717, 1.165) is 27.8 Å². The van der Waals surface area contributed by atoms with Crippen LogP contribution in [0.2, 0.25) is 0 Å². The number of hydrogen-bond donors (Lipinski definition) is 4. The van der Waals surface area contributed by atoms with Gasteiger partial charge in [-0.2, -0.15) is 0 Å². The van der Waals surface area contributed by atoms with E-state index in [2.05, 4.69) is 20.3 Å². The molecule has 0 bridgehead atoms. The van der Waals surface area contributed by atoms with Crippen molar-refractivity contribution < 1.29 is 14.7 Å². The van der Waals surface area contributed by atoms with Crippen molar-refractivity contribution in [3.05, 3.63) is 62.6 Å². The second-order valence-electron chi connectivity index (χ2n) is 7.91. The number of carboxylic acid groups (broad SMARTS) is 1. The Kier molecular flexibility index (Phi) is 5.81. The summed E-state index contributed by atoms with van der Waals surface area (Å²) in [5.74, 6) is -1.17. The summed E-state index contributed by atoms with van der Waals surface area (Å²) in [6.45, 7) is 2.13. The summed E-state index contributed by atoms with van der Waals surface area (Å²) in [5, 5.41) is 13.6. The van der Waals surface area contributed by atoms with Crippen molar-refractivity contribution in [3.8, 4) is 0 Å². The first kappa shape index (κ1) is 21.7. The van der Waals surface area contributed by atoms with E-state index in [-0.39, 0.29) is 16.9 Å². The fourth-order valence-corrected chi connectivity index (χ4v) is 4.83. The number of hydrogen-bond acceptors (Lipinski definition) is 6. The average molecular weight is 454 g/mol. The Hall–Kier alpha value is -3.50. The molecule has 0 aliphatic carbocycles. The number of fused-ring (bicyclic) bond motifs is 2. The molecule has 0 fully saturated rings. The lowest BCUT2D eigenvalue weighted by Gasteiger charge is -2.14. The number of carbonyl (C=O) groups excluding carboxylic acids is 1. The largest absolute Gasteiger partial charge is 0.480 e. The molecule has 1 atom stereocenters. The van der Waals surface area contributed by atoms with Crippen LogP contribution in [0.5, 0.6) is 0 Å². The van der Waals surface area contributed by atoms with Gasteiger partial charge < -0.3 is 25.3 Å². The number of carbonyl (C=O) groups is 2. The van der Waals surface area contributed by atoms with Crippen molar-refractivity contribution >= 4 is 44.3 Å². The number of nitrogens with one attached hydrogen (secondary N) is 3. The second-order valence-corrected chi connectivity index (χ2v) is 8.91. The number of carboxylic acids is 1. The van der Waals surface area contributed by atoms with Crippen LogP contribution in [0.15, 0.2) is 35.3 Å². The molecule has 4 aromatic rings. The maximum atomic E-state index is 13.0. The average Bonchev–Trinajstić information content (AvgIpc) is 3.28. The number of aromatic amines is 2. The molecule has 1 aromatic carbocycles. The molecule has 0 aliphatic rings. The molecule has 9 nitrogen and oxygen atoms in total. The molecule has 10 heteroatoms. The summed E-state index contributed by atoms with van der Waals surface area (Å²) in [5.41, 5.74) is 1.88. The van der Waals surface area contributed by atoms with E-state index in [9.17, 15) is 19.5 Å². The van der Waals surface area contributed by atoms with Crippen LogP contribution in [0.1, 0.15) is 26.6 Å².